The molecular weight excluding hydrogens is 468 g/mol. The Kier molecular flexibility index (Phi) is 5.22. The van der Waals surface area contributed by atoms with E-state index in [9.17, 15) is 8.78 Å². The van der Waals surface area contributed by atoms with Crippen LogP contribution in [0.4, 0.5) is 8.78 Å². The number of rotatable bonds is 5. The molecule has 0 fully saturated rings. The molecule has 4 rings (SSSR count). The molecule has 0 aliphatic carbocycles. The molecule has 0 amide bonds. The molecule has 0 spiro atoms. The third kappa shape index (κ3) is 3.58. The molecule has 0 aliphatic rings. The molecule has 0 aliphatic heterocycles. The second-order valence-electron chi connectivity index (χ2n) is 6.06. The van der Waals surface area contributed by atoms with Crippen molar-refractivity contribution >= 4 is 48.5 Å². The second-order valence-corrected chi connectivity index (χ2v) is 7.85. The van der Waals surface area contributed by atoms with Gasteiger partial charge in [0, 0.05) is 11.6 Å². The first-order valence-electron chi connectivity index (χ1n) is 8.35. The minimum absolute atomic E-state index is 0.234. The van der Waals surface area contributed by atoms with Crippen molar-refractivity contribution in [1.29, 1.82) is 0 Å². The van der Waals surface area contributed by atoms with E-state index in [0.717, 1.165) is 20.3 Å². The molecule has 2 heterocycles. The number of aromatic nitrogens is 3. The van der Waals surface area contributed by atoms with E-state index in [1.54, 1.807) is 26.4 Å². The smallest absolute Gasteiger partial charge is 0.388 e. The Bertz CT molecular complexity index is 1230. The van der Waals surface area contributed by atoms with Gasteiger partial charge in [-0.2, -0.15) is 8.78 Å². The number of fused-ring (bicyclic) bond motifs is 2. The number of hydrogen-bond donors (Lipinski definition) is 0. The van der Waals surface area contributed by atoms with E-state index in [1.807, 2.05) is 13.0 Å². The van der Waals surface area contributed by atoms with Gasteiger partial charge in [-0.05, 0) is 40.5 Å². The van der Waals surface area contributed by atoms with E-state index in [4.69, 9.17) is 14.5 Å². The van der Waals surface area contributed by atoms with Gasteiger partial charge >= 0.3 is 6.61 Å². The minimum atomic E-state index is -2.96. The molecule has 150 valence electrons. The van der Waals surface area contributed by atoms with Gasteiger partial charge in [-0.3, -0.25) is 0 Å². The fourth-order valence-corrected chi connectivity index (χ4v) is 4.71. The van der Waals surface area contributed by atoms with Gasteiger partial charge in [-0.15, -0.1) is 11.3 Å². The number of nitrogens with zero attached hydrogens (tertiary/aromatic N) is 3. The summed E-state index contributed by atoms with van der Waals surface area (Å²) in [5.74, 6) is 0.980. The topological polar surface area (TPSA) is 66.4 Å². The van der Waals surface area contributed by atoms with Gasteiger partial charge in [-0.25, -0.2) is 15.0 Å². The SMILES string of the molecule is COc1cc(OC)c2nc(-c3cc(C)cc4nc(OC(F)F)cnc34)sc2c1Br. The van der Waals surface area contributed by atoms with Crippen LogP contribution >= 0.6 is 27.3 Å². The highest BCUT2D eigenvalue weighted by Crippen LogP contribution is 2.45. The molecule has 29 heavy (non-hydrogen) atoms. The standard InChI is InChI=1S/C19H14BrF2N3O3S/c1-8-4-9(15-10(5-8)24-13(7-23-15)28-19(21)22)18-25-16-12(27-3)6-11(26-2)14(20)17(16)29-18/h4-7,19H,1-3H3. The Morgan fingerprint density at radius 1 is 1.03 bits per heavy atom. The molecule has 0 unspecified atom stereocenters. The number of alkyl halides is 2. The summed E-state index contributed by atoms with van der Waals surface area (Å²) in [6.45, 7) is -1.08. The van der Waals surface area contributed by atoms with E-state index in [-0.39, 0.29) is 5.88 Å². The summed E-state index contributed by atoms with van der Waals surface area (Å²) in [6.07, 6.45) is 1.18. The van der Waals surface area contributed by atoms with Crippen molar-refractivity contribution in [2.75, 3.05) is 14.2 Å². The van der Waals surface area contributed by atoms with Crippen molar-refractivity contribution in [2.24, 2.45) is 0 Å². The minimum Gasteiger partial charge on any atom is -0.495 e. The van der Waals surface area contributed by atoms with Crippen LogP contribution in [0, 0.1) is 6.92 Å². The van der Waals surface area contributed by atoms with Crippen LogP contribution in [-0.2, 0) is 0 Å². The van der Waals surface area contributed by atoms with Crippen LogP contribution in [0.1, 0.15) is 5.56 Å². The number of ether oxygens (including phenoxy) is 3. The molecule has 2 aromatic carbocycles. The number of methoxy groups -OCH3 is 2. The Morgan fingerprint density at radius 3 is 2.48 bits per heavy atom. The van der Waals surface area contributed by atoms with Crippen LogP contribution < -0.4 is 14.2 Å². The highest BCUT2D eigenvalue weighted by molar-refractivity contribution is 9.10. The van der Waals surface area contributed by atoms with Crippen LogP contribution in [0.5, 0.6) is 17.4 Å². The van der Waals surface area contributed by atoms with E-state index in [0.29, 0.717) is 33.1 Å². The van der Waals surface area contributed by atoms with Crippen molar-refractivity contribution in [2.45, 2.75) is 13.5 Å². The first kappa shape index (κ1) is 19.7. The first-order valence-corrected chi connectivity index (χ1v) is 9.95. The molecule has 0 saturated carbocycles. The normalized spacial score (nSPS) is 11.4. The molecule has 0 N–H and O–H groups in total. The zero-order valence-electron chi connectivity index (χ0n) is 15.5. The van der Waals surface area contributed by atoms with Crippen molar-refractivity contribution in [1.82, 2.24) is 15.0 Å². The van der Waals surface area contributed by atoms with Crippen LogP contribution in [0.15, 0.2) is 28.9 Å². The van der Waals surface area contributed by atoms with Gasteiger partial charge in [0.15, 0.2) is 0 Å². The third-order valence-electron chi connectivity index (χ3n) is 4.19. The number of halogens is 3. The fourth-order valence-electron chi connectivity index (χ4n) is 2.98. The Labute approximate surface area is 176 Å². The Morgan fingerprint density at radius 2 is 1.79 bits per heavy atom. The van der Waals surface area contributed by atoms with Crippen LogP contribution in [-0.4, -0.2) is 35.8 Å². The van der Waals surface area contributed by atoms with E-state index in [2.05, 4.69) is 30.6 Å². The summed E-state index contributed by atoms with van der Waals surface area (Å²) in [7, 11) is 3.15. The summed E-state index contributed by atoms with van der Waals surface area (Å²) in [5.41, 5.74) is 3.30. The zero-order valence-corrected chi connectivity index (χ0v) is 17.9. The van der Waals surface area contributed by atoms with Crippen molar-refractivity contribution in [3.8, 4) is 28.0 Å². The molecular formula is C19H14BrF2N3O3S. The first-order chi connectivity index (χ1) is 13.9. The average molecular weight is 482 g/mol. The van der Waals surface area contributed by atoms with E-state index in [1.165, 1.54) is 17.5 Å². The van der Waals surface area contributed by atoms with E-state index >= 15 is 0 Å². The number of hydrogen-bond acceptors (Lipinski definition) is 7. The molecule has 2 aromatic heterocycles. The lowest BCUT2D eigenvalue weighted by Gasteiger charge is -2.07. The molecule has 0 bridgehead atoms. The predicted molar refractivity (Wildman–Crippen MR) is 110 cm³/mol. The summed E-state index contributed by atoms with van der Waals surface area (Å²) in [5, 5.41) is 0.692. The van der Waals surface area contributed by atoms with Crippen LogP contribution in [0.2, 0.25) is 0 Å². The molecule has 6 nitrogen and oxygen atoms in total. The highest BCUT2D eigenvalue weighted by Gasteiger charge is 2.20. The third-order valence-corrected chi connectivity index (χ3v) is 6.34. The number of aryl methyl sites for hydroxylation is 1. The van der Waals surface area contributed by atoms with Crippen molar-refractivity contribution < 1.29 is 23.0 Å². The maximum Gasteiger partial charge on any atom is 0.388 e. The molecule has 4 aromatic rings. The molecule has 0 atom stereocenters. The van der Waals surface area contributed by atoms with E-state index < -0.39 is 6.61 Å². The Hall–Kier alpha value is -2.59. The van der Waals surface area contributed by atoms with Crippen molar-refractivity contribution in [3.05, 3.63) is 34.4 Å². The second kappa shape index (κ2) is 7.68. The summed E-state index contributed by atoms with van der Waals surface area (Å²) >= 11 is 5.00. The maximum absolute atomic E-state index is 12.5. The highest BCUT2D eigenvalue weighted by atomic mass is 79.9. The molecule has 10 heteroatoms. The average Bonchev–Trinajstić information content (AvgIpc) is 3.13. The lowest BCUT2D eigenvalue weighted by atomic mass is 10.1. The molecule has 0 saturated heterocycles. The quantitative estimate of drug-likeness (QED) is 0.369. The zero-order chi connectivity index (χ0) is 20.7. The summed E-state index contributed by atoms with van der Waals surface area (Å²) in [6, 6.07) is 5.45. The largest absolute Gasteiger partial charge is 0.495 e. The maximum atomic E-state index is 12.5. The van der Waals surface area contributed by atoms with Crippen LogP contribution in [0.25, 0.3) is 31.8 Å². The lowest BCUT2D eigenvalue weighted by Crippen LogP contribution is -2.04. The van der Waals surface area contributed by atoms with Crippen LogP contribution in [0.3, 0.4) is 0 Å². The summed E-state index contributed by atoms with van der Waals surface area (Å²) < 4.78 is 41.9. The van der Waals surface area contributed by atoms with Gasteiger partial charge in [0.05, 0.1) is 40.6 Å². The van der Waals surface area contributed by atoms with Gasteiger partial charge in [-0.1, -0.05) is 0 Å². The monoisotopic (exact) mass is 481 g/mol. The van der Waals surface area contributed by atoms with Gasteiger partial charge in [0.25, 0.3) is 0 Å². The Balaban J connectivity index is 1.94. The fraction of sp³-hybridized carbons (Fsp3) is 0.211. The van der Waals surface area contributed by atoms with Gasteiger partial charge in [0.2, 0.25) is 5.88 Å². The molecule has 0 radical (unpaired) electrons. The predicted octanol–water partition coefficient (Wildman–Crippen LogP) is 5.60. The number of benzene rings is 2. The lowest BCUT2D eigenvalue weighted by molar-refractivity contribution is -0.0528. The summed E-state index contributed by atoms with van der Waals surface area (Å²) in [4.78, 5) is 13.2. The number of thiazole rings is 1. The van der Waals surface area contributed by atoms with Crippen molar-refractivity contribution in [3.63, 3.8) is 0 Å². The van der Waals surface area contributed by atoms with Gasteiger partial charge in [0.1, 0.15) is 22.0 Å². The van der Waals surface area contributed by atoms with Gasteiger partial charge < -0.3 is 14.2 Å².